The number of nitrogens with one attached hydrogen (secondary N) is 1. The largest absolute Gasteiger partial charge is 0.338 e. The summed E-state index contributed by atoms with van der Waals surface area (Å²) < 4.78 is 0. The molecule has 0 aromatic carbocycles. The van der Waals surface area contributed by atoms with Gasteiger partial charge in [-0.25, -0.2) is 0 Å². The first kappa shape index (κ1) is 15.1. The van der Waals surface area contributed by atoms with Crippen LogP contribution in [0.25, 0.3) is 0 Å². The number of halogens is 1. The van der Waals surface area contributed by atoms with Crippen molar-refractivity contribution in [3.63, 3.8) is 0 Å². The molecule has 3 nitrogen and oxygen atoms in total. The molecule has 3 atom stereocenters. The smallest absolute Gasteiger partial charge is 0.226 e. The summed E-state index contributed by atoms with van der Waals surface area (Å²) in [6, 6.07) is 0.472. The molecule has 3 rings (SSSR count). The lowest BCUT2D eigenvalue weighted by Crippen LogP contribution is -2.43. The third-order valence-corrected chi connectivity index (χ3v) is 5.16. The highest BCUT2D eigenvalue weighted by atomic mass is 35.5. The van der Waals surface area contributed by atoms with Gasteiger partial charge in [-0.05, 0) is 44.1 Å². The van der Waals surface area contributed by atoms with Gasteiger partial charge in [-0.15, -0.1) is 12.4 Å². The Morgan fingerprint density at radius 2 is 1.89 bits per heavy atom. The van der Waals surface area contributed by atoms with Gasteiger partial charge in [0.25, 0.3) is 0 Å². The topological polar surface area (TPSA) is 32.3 Å². The molecule has 3 fully saturated rings. The molecule has 0 radical (unpaired) electrons. The van der Waals surface area contributed by atoms with Gasteiger partial charge < -0.3 is 10.2 Å². The highest BCUT2D eigenvalue weighted by Crippen LogP contribution is 2.56. The Balaban J connectivity index is 0.00000133. The summed E-state index contributed by atoms with van der Waals surface area (Å²) >= 11 is 0. The molecule has 2 saturated carbocycles. The average Bonchev–Trinajstić information content (AvgIpc) is 2.87. The monoisotopic (exact) mass is 286 g/mol. The number of hydrogen-bond donors (Lipinski definition) is 1. The Hall–Kier alpha value is -0.280. The normalized spacial score (nSPS) is 36.3. The zero-order valence-corrected chi connectivity index (χ0v) is 12.8. The Kier molecular flexibility index (Phi) is 5.13. The average molecular weight is 287 g/mol. The van der Waals surface area contributed by atoms with E-state index in [9.17, 15) is 4.79 Å². The van der Waals surface area contributed by atoms with Crippen molar-refractivity contribution in [2.24, 2.45) is 17.8 Å². The van der Waals surface area contributed by atoms with Crippen molar-refractivity contribution in [2.75, 3.05) is 19.6 Å². The highest BCUT2D eigenvalue weighted by molar-refractivity contribution is 5.85. The van der Waals surface area contributed by atoms with Crippen molar-refractivity contribution in [3.8, 4) is 0 Å². The fraction of sp³-hybridized carbons (Fsp3) is 0.933. The number of carbonyl (C=O) groups excluding carboxylic acids is 1. The molecule has 0 aromatic rings. The van der Waals surface area contributed by atoms with E-state index in [0.717, 1.165) is 44.3 Å². The van der Waals surface area contributed by atoms with E-state index < -0.39 is 0 Å². The molecular weight excluding hydrogens is 260 g/mol. The second-order valence-corrected chi connectivity index (χ2v) is 6.32. The highest BCUT2D eigenvalue weighted by Gasteiger charge is 2.56. The summed E-state index contributed by atoms with van der Waals surface area (Å²) in [7, 11) is 0. The van der Waals surface area contributed by atoms with Gasteiger partial charge in [0, 0.05) is 25.0 Å². The standard InChI is InChI=1S/C15H26N2O.ClH/c1-2-9-17(11-7-8-16-10-11)15(18)14-12-5-3-4-6-13(12)14;/h11-14,16H,2-10H2,1H3;1H. The maximum atomic E-state index is 12.7. The molecule has 1 heterocycles. The first-order chi connectivity index (χ1) is 8.83. The molecule has 110 valence electrons. The minimum absolute atomic E-state index is 0. The van der Waals surface area contributed by atoms with Gasteiger partial charge in [-0.3, -0.25) is 4.79 Å². The summed E-state index contributed by atoms with van der Waals surface area (Å²) in [4.78, 5) is 15.0. The van der Waals surface area contributed by atoms with Crippen LogP contribution in [0, 0.1) is 17.8 Å². The first-order valence-electron chi connectivity index (χ1n) is 7.84. The van der Waals surface area contributed by atoms with Crippen molar-refractivity contribution >= 4 is 18.3 Å². The third-order valence-electron chi connectivity index (χ3n) is 5.16. The summed E-state index contributed by atoms with van der Waals surface area (Å²) in [5, 5.41) is 3.39. The zero-order valence-electron chi connectivity index (χ0n) is 11.9. The second-order valence-electron chi connectivity index (χ2n) is 6.32. The fourth-order valence-electron chi connectivity index (χ4n) is 4.17. The maximum Gasteiger partial charge on any atom is 0.226 e. The van der Waals surface area contributed by atoms with E-state index >= 15 is 0 Å². The van der Waals surface area contributed by atoms with Crippen molar-refractivity contribution < 1.29 is 4.79 Å². The van der Waals surface area contributed by atoms with Crippen LogP contribution < -0.4 is 5.32 Å². The zero-order chi connectivity index (χ0) is 12.5. The lowest BCUT2D eigenvalue weighted by Gasteiger charge is -2.28. The number of carbonyl (C=O) groups is 1. The van der Waals surface area contributed by atoms with Gasteiger partial charge >= 0.3 is 0 Å². The Bertz CT molecular complexity index is 305. The molecule has 2 aliphatic carbocycles. The van der Waals surface area contributed by atoms with E-state index in [0.29, 0.717) is 17.9 Å². The number of hydrogen-bond acceptors (Lipinski definition) is 2. The van der Waals surface area contributed by atoms with Gasteiger partial charge in [0.1, 0.15) is 0 Å². The molecule has 0 spiro atoms. The minimum atomic E-state index is 0. The Morgan fingerprint density at radius 3 is 2.42 bits per heavy atom. The molecule has 3 aliphatic rings. The van der Waals surface area contributed by atoms with Crippen LogP contribution in [-0.2, 0) is 4.79 Å². The molecular formula is C15H27ClN2O. The quantitative estimate of drug-likeness (QED) is 0.861. The second kappa shape index (κ2) is 6.45. The lowest BCUT2D eigenvalue weighted by molar-refractivity contribution is -0.135. The summed E-state index contributed by atoms with van der Waals surface area (Å²) in [6.45, 7) is 5.23. The van der Waals surface area contributed by atoms with E-state index in [1.807, 2.05) is 0 Å². The SMILES string of the molecule is CCCN(C(=O)C1C2CCCCC21)C1CCNC1.Cl. The van der Waals surface area contributed by atoms with Crippen LogP contribution in [0.4, 0.5) is 0 Å². The van der Waals surface area contributed by atoms with Crippen LogP contribution in [0.15, 0.2) is 0 Å². The van der Waals surface area contributed by atoms with E-state index in [1.54, 1.807) is 0 Å². The molecule has 1 saturated heterocycles. The van der Waals surface area contributed by atoms with Gasteiger partial charge in [0.05, 0.1) is 0 Å². The van der Waals surface area contributed by atoms with Crippen LogP contribution in [-0.4, -0.2) is 36.5 Å². The number of nitrogens with zero attached hydrogens (tertiary/aromatic N) is 1. The van der Waals surface area contributed by atoms with Crippen LogP contribution in [0.3, 0.4) is 0 Å². The minimum Gasteiger partial charge on any atom is -0.338 e. The predicted octanol–water partition coefficient (Wildman–Crippen LogP) is 2.44. The van der Waals surface area contributed by atoms with Crippen molar-refractivity contribution in [3.05, 3.63) is 0 Å². The summed E-state index contributed by atoms with van der Waals surface area (Å²) in [5.74, 6) is 2.39. The molecule has 1 N–H and O–H groups in total. The number of rotatable bonds is 4. The van der Waals surface area contributed by atoms with Crippen LogP contribution >= 0.6 is 12.4 Å². The summed E-state index contributed by atoms with van der Waals surface area (Å²) in [5.41, 5.74) is 0. The molecule has 1 aliphatic heterocycles. The molecule has 3 unspecified atom stereocenters. The molecule has 1 amide bonds. The molecule has 0 aromatic heterocycles. The molecule has 19 heavy (non-hydrogen) atoms. The number of amides is 1. The van der Waals surface area contributed by atoms with E-state index in [4.69, 9.17) is 0 Å². The number of fused-ring (bicyclic) bond motifs is 1. The fourth-order valence-corrected chi connectivity index (χ4v) is 4.17. The van der Waals surface area contributed by atoms with Gasteiger partial charge in [0.15, 0.2) is 0 Å². The van der Waals surface area contributed by atoms with E-state index in [-0.39, 0.29) is 12.4 Å². The Labute approximate surface area is 122 Å². The van der Waals surface area contributed by atoms with Crippen LogP contribution in [0.1, 0.15) is 45.4 Å². The summed E-state index contributed by atoms with van der Waals surface area (Å²) in [6.07, 6.45) is 7.55. The predicted molar refractivity (Wildman–Crippen MR) is 79.5 cm³/mol. The van der Waals surface area contributed by atoms with Gasteiger partial charge in [-0.1, -0.05) is 19.8 Å². The third kappa shape index (κ3) is 2.92. The van der Waals surface area contributed by atoms with Crippen LogP contribution in [0.5, 0.6) is 0 Å². The molecule has 0 bridgehead atoms. The van der Waals surface area contributed by atoms with Gasteiger partial charge in [0.2, 0.25) is 5.91 Å². The lowest BCUT2D eigenvalue weighted by atomic mass is 10.0. The van der Waals surface area contributed by atoms with E-state index in [2.05, 4.69) is 17.1 Å². The van der Waals surface area contributed by atoms with Crippen LogP contribution in [0.2, 0.25) is 0 Å². The maximum absolute atomic E-state index is 12.7. The van der Waals surface area contributed by atoms with Gasteiger partial charge in [-0.2, -0.15) is 0 Å². The van der Waals surface area contributed by atoms with Crippen molar-refractivity contribution in [1.82, 2.24) is 10.2 Å². The Morgan fingerprint density at radius 1 is 1.21 bits per heavy atom. The van der Waals surface area contributed by atoms with E-state index in [1.165, 1.54) is 25.7 Å². The van der Waals surface area contributed by atoms with Crippen molar-refractivity contribution in [1.29, 1.82) is 0 Å². The first-order valence-corrected chi connectivity index (χ1v) is 7.84. The van der Waals surface area contributed by atoms with Crippen molar-refractivity contribution in [2.45, 2.75) is 51.5 Å². The molecule has 4 heteroatoms.